The van der Waals surface area contributed by atoms with Gasteiger partial charge >= 0.3 is 6.03 Å². The molecule has 4 rings (SSSR count). The number of ether oxygens (including phenoxy) is 1. The first kappa shape index (κ1) is 16.1. The summed E-state index contributed by atoms with van der Waals surface area (Å²) in [4.78, 5) is 16.1. The minimum atomic E-state index is -0.765. The molecule has 6 N–H and O–H groups in total. The highest BCUT2D eigenvalue weighted by molar-refractivity contribution is 7.20. The Hall–Kier alpha value is -3.37. The molecule has 0 saturated heterocycles. The molecule has 0 fully saturated rings. The van der Waals surface area contributed by atoms with E-state index in [0.717, 1.165) is 26.9 Å². The minimum Gasteiger partial charge on any atom is -0.453 e. The molecule has 1 aromatic carbocycles. The molecular weight excluding hydrogens is 359 g/mol. The summed E-state index contributed by atoms with van der Waals surface area (Å²) >= 11 is 1.46. The summed E-state index contributed by atoms with van der Waals surface area (Å²) in [6, 6.07) is 6.89. The van der Waals surface area contributed by atoms with Crippen LogP contribution in [0.1, 0.15) is 4.88 Å². The Bertz CT molecular complexity index is 1030. The van der Waals surface area contributed by atoms with Crippen LogP contribution in [0.5, 0.6) is 11.5 Å². The number of aromatic nitrogens is 1. The molecule has 0 bridgehead atoms. The summed E-state index contributed by atoms with van der Waals surface area (Å²) in [6.07, 6.45) is 3.39. The van der Waals surface area contributed by atoms with Gasteiger partial charge in [-0.15, -0.1) is 11.3 Å². The van der Waals surface area contributed by atoms with Gasteiger partial charge in [0.1, 0.15) is 5.75 Å². The molecule has 8 nitrogen and oxygen atoms in total. The molecule has 0 radical (unpaired) electrons. The van der Waals surface area contributed by atoms with E-state index in [9.17, 15) is 9.18 Å². The highest BCUT2D eigenvalue weighted by atomic mass is 32.1. The lowest BCUT2D eigenvalue weighted by Crippen LogP contribution is -2.31. The number of urea groups is 1. The van der Waals surface area contributed by atoms with E-state index in [-0.39, 0.29) is 11.4 Å². The average Bonchev–Trinajstić information content (AvgIpc) is 3.25. The van der Waals surface area contributed by atoms with Gasteiger partial charge in [0.2, 0.25) is 0 Å². The fourth-order valence-electron chi connectivity index (χ4n) is 2.43. The minimum absolute atomic E-state index is 0.0315. The monoisotopic (exact) mass is 372 g/mol. The van der Waals surface area contributed by atoms with Crippen molar-refractivity contribution in [2.24, 2.45) is 5.73 Å². The fourth-order valence-corrected chi connectivity index (χ4v) is 3.47. The van der Waals surface area contributed by atoms with Gasteiger partial charge in [-0.05, 0) is 18.2 Å². The molecule has 0 spiro atoms. The number of nitrogens with zero attached hydrogens (tertiary/aromatic N) is 1. The Morgan fingerprint density at radius 2 is 2.15 bits per heavy atom. The number of fused-ring (bicyclic) bond motifs is 1. The van der Waals surface area contributed by atoms with Crippen molar-refractivity contribution in [3.63, 3.8) is 0 Å². The molecule has 26 heavy (non-hydrogen) atoms. The van der Waals surface area contributed by atoms with Crippen molar-refractivity contribution in [3.05, 3.63) is 53.4 Å². The van der Waals surface area contributed by atoms with Crippen LogP contribution < -0.4 is 32.2 Å². The van der Waals surface area contributed by atoms with Gasteiger partial charge in [0.05, 0.1) is 20.8 Å². The quantitative estimate of drug-likeness (QED) is 0.481. The van der Waals surface area contributed by atoms with E-state index in [2.05, 4.69) is 26.7 Å². The third-order valence-corrected chi connectivity index (χ3v) is 4.72. The largest absolute Gasteiger partial charge is 0.453 e. The number of hydrogen-bond acceptors (Lipinski definition) is 7. The average molecular weight is 372 g/mol. The number of carbonyl (C=O) groups is 1. The number of primary amides is 1. The normalized spacial score (nSPS) is 13.0. The highest BCUT2D eigenvalue weighted by Crippen LogP contribution is 2.37. The number of nitrogens with one attached hydrogen (secondary N) is 4. The zero-order valence-electron chi connectivity index (χ0n) is 13.2. The van der Waals surface area contributed by atoms with E-state index in [0.29, 0.717) is 5.75 Å². The van der Waals surface area contributed by atoms with Crippen LogP contribution in [0.3, 0.4) is 0 Å². The van der Waals surface area contributed by atoms with E-state index in [1.54, 1.807) is 18.5 Å². The standard InChI is InChI=1S/C16H13FN6O2S/c17-9-5-8(21-16(18)24)1-2-12(9)25-13-3-4-19-10-6-14(26-15(10)13)11-7-20-23-22-11/h1-7,20,22-23H,(H3,18,21,24). The fraction of sp³-hybridized carbons (Fsp3) is 0. The van der Waals surface area contributed by atoms with Crippen LogP contribution >= 0.6 is 11.3 Å². The highest BCUT2D eigenvalue weighted by Gasteiger charge is 2.15. The van der Waals surface area contributed by atoms with Crippen LogP contribution in [0.2, 0.25) is 0 Å². The maximum Gasteiger partial charge on any atom is 0.316 e. The van der Waals surface area contributed by atoms with Crippen LogP contribution in [0.15, 0.2) is 42.7 Å². The number of nitrogens with two attached hydrogens (primary N) is 1. The number of benzene rings is 1. The van der Waals surface area contributed by atoms with Crippen LogP contribution in [0.4, 0.5) is 14.9 Å². The van der Waals surface area contributed by atoms with E-state index in [1.807, 2.05) is 6.07 Å². The van der Waals surface area contributed by atoms with Gasteiger partial charge in [0.15, 0.2) is 11.6 Å². The van der Waals surface area contributed by atoms with Crippen molar-refractivity contribution in [1.82, 2.24) is 21.4 Å². The number of hydrazine groups is 2. The molecule has 2 aromatic heterocycles. The summed E-state index contributed by atoms with van der Waals surface area (Å²) < 4.78 is 20.8. The number of pyridine rings is 1. The molecule has 2 amide bonds. The van der Waals surface area contributed by atoms with Gasteiger partial charge in [0, 0.05) is 30.2 Å². The third kappa shape index (κ3) is 3.10. The van der Waals surface area contributed by atoms with Crippen molar-refractivity contribution in [2.75, 3.05) is 5.32 Å². The van der Waals surface area contributed by atoms with E-state index in [4.69, 9.17) is 10.5 Å². The Kier molecular flexibility index (Phi) is 4.03. The zero-order valence-corrected chi connectivity index (χ0v) is 14.0. The van der Waals surface area contributed by atoms with Gasteiger partial charge in [-0.3, -0.25) is 4.98 Å². The Morgan fingerprint density at radius 1 is 1.27 bits per heavy atom. The number of hydrogen-bond donors (Lipinski definition) is 5. The molecule has 3 heterocycles. The topological polar surface area (TPSA) is 113 Å². The van der Waals surface area contributed by atoms with Crippen molar-refractivity contribution in [2.45, 2.75) is 0 Å². The molecule has 132 valence electrons. The molecule has 0 saturated carbocycles. The second-order valence-corrected chi connectivity index (χ2v) is 6.38. The summed E-state index contributed by atoms with van der Waals surface area (Å²) in [5, 5.41) is 2.31. The maximum atomic E-state index is 14.3. The predicted octanol–water partition coefficient (Wildman–Crippen LogP) is 2.63. The molecule has 0 atom stereocenters. The van der Waals surface area contributed by atoms with E-state index >= 15 is 0 Å². The first-order valence-corrected chi connectivity index (χ1v) is 8.31. The Balaban J connectivity index is 1.66. The third-order valence-electron chi connectivity index (χ3n) is 3.55. The van der Waals surface area contributed by atoms with Crippen LogP contribution in [-0.4, -0.2) is 11.0 Å². The van der Waals surface area contributed by atoms with E-state index < -0.39 is 11.8 Å². The van der Waals surface area contributed by atoms with Gasteiger partial charge in [-0.25, -0.2) is 9.18 Å². The number of thiophene rings is 1. The van der Waals surface area contributed by atoms with Crippen molar-refractivity contribution in [3.8, 4) is 11.5 Å². The van der Waals surface area contributed by atoms with Gasteiger partial charge in [-0.1, -0.05) is 0 Å². The molecule has 10 heteroatoms. The molecule has 3 aromatic rings. The van der Waals surface area contributed by atoms with Gasteiger partial charge in [-0.2, -0.15) is 5.53 Å². The van der Waals surface area contributed by atoms with Crippen LogP contribution in [0.25, 0.3) is 15.9 Å². The number of amides is 2. The SMILES string of the molecule is NC(=O)Nc1ccc(Oc2ccnc3cc(C4=CNNN4)sc23)c(F)c1. The number of carbonyl (C=O) groups excluding carboxylic acids is 1. The zero-order chi connectivity index (χ0) is 18.1. The second kappa shape index (κ2) is 6.50. The van der Waals surface area contributed by atoms with Gasteiger partial charge in [0.25, 0.3) is 0 Å². The molecular formula is C16H13FN6O2S. The van der Waals surface area contributed by atoms with Crippen molar-refractivity contribution in [1.29, 1.82) is 0 Å². The number of rotatable bonds is 4. The second-order valence-electron chi connectivity index (χ2n) is 5.32. The van der Waals surface area contributed by atoms with Crippen molar-refractivity contribution < 1.29 is 13.9 Å². The summed E-state index contributed by atoms with van der Waals surface area (Å²) in [7, 11) is 0. The predicted molar refractivity (Wildman–Crippen MR) is 96.7 cm³/mol. The summed E-state index contributed by atoms with van der Waals surface area (Å²) in [6.45, 7) is 0. The molecule has 1 aliphatic rings. The Morgan fingerprint density at radius 3 is 2.88 bits per heavy atom. The van der Waals surface area contributed by atoms with Crippen LogP contribution in [0, 0.1) is 5.82 Å². The smallest absolute Gasteiger partial charge is 0.316 e. The molecule has 1 aliphatic heterocycles. The first-order valence-electron chi connectivity index (χ1n) is 7.49. The first-order chi connectivity index (χ1) is 12.6. The number of anilines is 1. The summed E-state index contributed by atoms with van der Waals surface area (Å²) in [5.74, 6) is -0.101. The molecule has 0 aliphatic carbocycles. The van der Waals surface area contributed by atoms with Crippen molar-refractivity contribution >= 4 is 39.0 Å². The number of halogens is 1. The van der Waals surface area contributed by atoms with Gasteiger partial charge < -0.3 is 26.6 Å². The lowest BCUT2D eigenvalue weighted by Gasteiger charge is -2.09. The lowest BCUT2D eigenvalue weighted by atomic mass is 10.3. The summed E-state index contributed by atoms with van der Waals surface area (Å²) in [5.41, 5.74) is 15.5. The maximum absolute atomic E-state index is 14.3. The van der Waals surface area contributed by atoms with E-state index in [1.165, 1.54) is 23.5 Å². The lowest BCUT2D eigenvalue weighted by molar-refractivity contribution is 0.259. The van der Waals surface area contributed by atoms with Crippen LogP contribution in [-0.2, 0) is 0 Å². The Labute approximate surface area is 150 Å². The molecule has 0 unspecified atom stereocenters.